The molecule has 21 heavy (non-hydrogen) atoms. The van der Waals surface area contributed by atoms with Crippen molar-refractivity contribution in [2.45, 2.75) is 26.2 Å². The number of rotatable bonds is 6. The molecule has 2 rings (SSSR count). The molecule has 2 aromatic rings. The normalized spacial score (nSPS) is 10.4. The first kappa shape index (κ1) is 15.3. The van der Waals surface area contributed by atoms with Crippen molar-refractivity contribution in [2.24, 2.45) is 0 Å². The monoisotopic (exact) mass is 281 g/mol. The van der Waals surface area contributed by atoms with Gasteiger partial charge in [0, 0.05) is 31.8 Å². The quantitative estimate of drug-likeness (QED) is 0.737. The minimum atomic E-state index is 0.229. The third kappa shape index (κ3) is 4.45. The zero-order valence-electron chi connectivity index (χ0n) is 13.1. The van der Waals surface area contributed by atoms with Crippen LogP contribution in [0.3, 0.4) is 0 Å². The molecular formula is C19H23NO. The molecule has 0 aliphatic rings. The first-order chi connectivity index (χ1) is 10.1. The number of anilines is 1. The summed E-state index contributed by atoms with van der Waals surface area (Å²) in [5.41, 5.74) is 4.50. The standard InChI is InChI=1S/C19H23NO/c1-15-7-9-16(10-8-15)5-4-6-19(21)17-11-13-18(14-12-17)20(2)3/h7-14H,4-6H2,1-3H3. The molecule has 0 bridgehead atoms. The number of hydrogen-bond donors (Lipinski definition) is 0. The van der Waals surface area contributed by atoms with Crippen LogP contribution in [0.4, 0.5) is 5.69 Å². The van der Waals surface area contributed by atoms with E-state index in [0.717, 1.165) is 24.1 Å². The average molecular weight is 281 g/mol. The molecule has 0 unspecified atom stereocenters. The van der Waals surface area contributed by atoms with Gasteiger partial charge in [-0.2, -0.15) is 0 Å². The number of carbonyl (C=O) groups excluding carboxylic acids is 1. The maximum absolute atomic E-state index is 12.2. The molecule has 0 saturated heterocycles. The van der Waals surface area contributed by atoms with Crippen LogP contribution in [0.5, 0.6) is 0 Å². The van der Waals surface area contributed by atoms with Crippen molar-refractivity contribution in [1.29, 1.82) is 0 Å². The lowest BCUT2D eigenvalue weighted by Gasteiger charge is -2.12. The summed E-state index contributed by atoms with van der Waals surface area (Å²) in [5, 5.41) is 0. The molecule has 0 aromatic heterocycles. The van der Waals surface area contributed by atoms with E-state index < -0.39 is 0 Å². The summed E-state index contributed by atoms with van der Waals surface area (Å²) >= 11 is 0. The molecule has 0 atom stereocenters. The number of ketones is 1. The van der Waals surface area contributed by atoms with E-state index in [9.17, 15) is 4.79 Å². The van der Waals surface area contributed by atoms with Crippen LogP contribution in [0.1, 0.15) is 34.3 Å². The zero-order valence-corrected chi connectivity index (χ0v) is 13.1. The summed E-state index contributed by atoms with van der Waals surface area (Å²) in [5.74, 6) is 0.229. The Bertz CT molecular complexity index is 582. The smallest absolute Gasteiger partial charge is 0.162 e. The fraction of sp³-hybridized carbons (Fsp3) is 0.316. The van der Waals surface area contributed by atoms with Gasteiger partial charge in [-0.25, -0.2) is 0 Å². The van der Waals surface area contributed by atoms with E-state index >= 15 is 0 Å². The van der Waals surface area contributed by atoms with Gasteiger partial charge in [0.1, 0.15) is 0 Å². The molecule has 2 heteroatoms. The maximum Gasteiger partial charge on any atom is 0.162 e. The van der Waals surface area contributed by atoms with Gasteiger partial charge in [0.25, 0.3) is 0 Å². The molecule has 110 valence electrons. The lowest BCUT2D eigenvalue weighted by Crippen LogP contribution is -2.08. The van der Waals surface area contributed by atoms with Crippen LogP contribution in [0.25, 0.3) is 0 Å². The van der Waals surface area contributed by atoms with Crippen LogP contribution in [-0.2, 0) is 6.42 Å². The highest BCUT2D eigenvalue weighted by atomic mass is 16.1. The van der Waals surface area contributed by atoms with E-state index in [0.29, 0.717) is 6.42 Å². The van der Waals surface area contributed by atoms with Crippen LogP contribution in [0, 0.1) is 6.92 Å². The second kappa shape index (κ2) is 7.07. The Kier molecular flexibility index (Phi) is 5.15. The van der Waals surface area contributed by atoms with E-state index in [2.05, 4.69) is 31.2 Å². The molecule has 0 radical (unpaired) electrons. The highest BCUT2D eigenvalue weighted by Crippen LogP contribution is 2.15. The predicted molar refractivity (Wildman–Crippen MR) is 89.2 cm³/mol. The Labute approximate surface area is 127 Å². The predicted octanol–water partition coefficient (Wildman–Crippen LogP) is 4.27. The van der Waals surface area contributed by atoms with Crippen molar-refractivity contribution in [3.05, 3.63) is 65.2 Å². The van der Waals surface area contributed by atoms with Crippen LogP contribution in [-0.4, -0.2) is 19.9 Å². The largest absolute Gasteiger partial charge is 0.378 e. The Morgan fingerprint density at radius 2 is 1.57 bits per heavy atom. The molecule has 0 N–H and O–H groups in total. The van der Waals surface area contributed by atoms with E-state index in [-0.39, 0.29) is 5.78 Å². The molecule has 0 heterocycles. The van der Waals surface area contributed by atoms with Crippen LogP contribution in [0.2, 0.25) is 0 Å². The fourth-order valence-electron chi connectivity index (χ4n) is 2.30. The molecule has 0 saturated carbocycles. The summed E-state index contributed by atoms with van der Waals surface area (Å²) in [7, 11) is 4.00. The van der Waals surface area contributed by atoms with Gasteiger partial charge >= 0.3 is 0 Å². The highest BCUT2D eigenvalue weighted by molar-refractivity contribution is 5.96. The molecule has 2 nitrogen and oxygen atoms in total. The zero-order chi connectivity index (χ0) is 15.2. The Morgan fingerprint density at radius 1 is 0.952 bits per heavy atom. The summed E-state index contributed by atoms with van der Waals surface area (Å²) in [6, 6.07) is 16.4. The number of Topliss-reactive ketones (excluding diaryl/α,β-unsaturated/α-hetero) is 1. The number of hydrogen-bond acceptors (Lipinski definition) is 2. The topological polar surface area (TPSA) is 20.3 Å². The molecule has 2 aromatic carbocycles. The number of benzene rings is 2. The third-order valence-electron chi connectivity index (χ3n) is 3.70. The molecular weight excluding hydrogens is 258 g/mol. The highest BCUT2D eigenvalue weighted by Gasteiger charge is 2.06. The van der Waals surface area contributed by atoms with Crippen molar-refractivity contribution in [2.75, 3.05) is 19.0 Å². The van der Waals surface area contributed by atoms with E-state index in [1.165, 1.54) is 11.1 Å². The summed E-state index contributed by atoms with van der Waals surface area (Å²) < 4.78 is 0. The third-order valence-corrected chi connectivity index (χ3v) is 3.70. The molecule has 0 aliphatic carbocycles. The number of nitrogens with zero attached hydrogens (tertiary/aromatic N) is 1. The van der Waals surface area contributed by atoms with Crippen molar-refractivity contribution < 1.29 is 4.79 Å². The molecule has 0 spiro atoms. The Hall–Kier alpha value is -2.09. The van der Waals surface area contributed by atoms with Gasteiger partial charge in [-0.15, -0.1) is 0 Å². The molecule has 0 amide bonds. The van der Waals surface area contributed by atoms with Crippen molar-refractivity contribution in [3.63, 3.8) is 0 Å². The summed E-state index contributed by atoms with van der Waals surface area (Å²) in [6.07, 6.45) is 2.47. The van der Waals surface area contributed by atoms with Gasteiger partial charge in [0.2, 0.25) is 0 Å². The van der Waals surface area contributed by atoms with E-state index in [1.807, 2.05) is 43.3 Å². The Balaban J connectivity index is 1.85. The number of carbonyl (C=O) groups is 1. The van der Waals surface area contributed by atoms with Crippen LogP contribution < -0.4 is 4.90 Å². The summed E-state index contributed by atoms with van der Waals surface area (Å²) in [6.45, 7) is 2.09. The second-order valence-corrected chi connectivity index (χ2v) is 5.70. The van der Waals surface area contributed by atoms with Gasteiger partial charge in [0.15, 0.2) is 5.78 Å². The Morgan fingerprint density at radius 3 is 2.14 bits per heavy atom. The molecule has 0 aliphatic heterocycles. The fourth-order valence-corrected chi connectivity index (χ4v) is 2.30. The first-order valence-corrected chi connectivity index (χ1v) is 7.42. The van der Waals surface area contributed by atoms with Crippen LogP contribution >= 0.6 is 0 Å². The second-order valence-electron chi connectivity index (χ2n) is 5.70. The molecule has 0 fully saturated rings. The van der Waals surface area contributed by atoms with E-state index in [1.54, 1.807) is 0 Å². The maximum atomic E-state index is 12.2. The first-order valence-electron chi connectivity index (χ1n) is 7.42. The minimum absolute atomic E-state index is 0.229. The van der Waals surface area contributed by atoms with E-state index in [4.69, 9.17) is 0 Å². The minimum Gasteiger partial charge on any atom is -0.378 e. The lowest BCUT2D eigenvalue weighted by atomic mass is 10.0. The van der Waals surface area contributed by atoms with Gasteiger partial charge in [-0.3, -0.25) is 4.79 Å². The van der Waals surface area contributed by atoms with Gasteiger partial charge < -0.3 is 4.90 Å². The van der Waals surface area contributed by atoms with Crippen molar-refractivity contribution in [1.82, 2.24) is 0 Å². The van der Waals surface area contributed by atoms with Gasteiger partial charge in [-0.05, 0) is 49.6 Å². The van der Waals surface area contributed by atoms with Crippen LogP contribution in [0.15, 0.2) is 48.5 Å². The lowest BCUT2D eigenvalue weighted by molar-refractivity contribution is 0.0980. The summed E-state index contributed by atoms with van der Waals surface area (Å²) in [4.78, 5) is 14.2. The van der Waals surface area contributed by atoms with Crippen molar-refractivity contribution in [3.8, 4) is 0 Å². The SMILES string of the molecule is Cc1ccc(CCCC(=O)c2ccc(N(C)C)cc2)cc1. The van der Waals surface area contributed by atoms with Crippen molar-refractivity contribution >= 4 is 11.5 Å². The van der Waals surface area contributed by atoms with Gasteiger partial charge in [-0.1, -0.05) is 29.8 Å². The average Bonchev–Trinajstić information content (AvgIpc) is 2.49. The number of aryl methyl sites for hydroxylation is 2. The van der Waals surface area contributed by atoms with Gasteiger partial charge in [0.05, 0.1) is 0 Å².